The maximum atomic E-state index is 5.51. The van der Waals surface area contributed by atoms with Crippen LogP contribution in [0.25, 0.3) is 11.4 Å². The van der Waals surface area contributed by atoms with Gasteiger partial charge < -0.3 is 9.64 Å². The second-order valence-electron chi connectivity index (χ2n) is 7.09. The lowest BCUT2D eigenvalue weighted by molar-refractivity contribution is 0.122. The molecule has 3 aromatic rings. The number of aryl methyl sites for hydroxylation is 1. The Morgan fingerprint density at radius 1 is 1.00 bits per heavy atom. The van der Waals surface area contributed by atoms with Crippen molar-refractivity contribution in [3.05, 3.63) is 71.3 Å². The van der Waals surface area contributed by atoms with E-state index < -0.39 is 0 Å². The maximum Gasteiger partial charge on any atom is 0.163 e. The molecule has 0 unspecified atom stereocenters. The third-order valence-electron chi connectivity index (χ3n) is 4.89. The van der Waals surface area contributed by atoms with E-state index in [9.17, 15) is 0 Å². The fraction of sp³-hybridized carbons (Fsp3) is 0.261. The molecule has 2 heterocycles. The predicted octanol–water partition coefficient (Wildman–Crippen LogP) is 4.04. The molecule has 0 amide bonds. The summed E-state index contributed by atoms with van der Waals surface area (Å²) in [6, 6.07) is 18.2. The minimum atomic E-state index is 0.686. The topological polar surface area (TPSA) is 62.6 Å². The second-order valence-corrected chi connectivity index (χ2v) is 7.09. The van der Waals surface area contributed by atoms with Gasteiger partial charge in [-0.3, -0.25) is 5.43 Å². The molecule has 29 heavy (non-hydrogen) atoms. The molecule has 1 fully saturated rings. The van der Waals surface area contributed by atoms with E-state index in [0.29, 0.717) is 24.9 Å². The second kappa shape index (κ2) is 8.84. The zero-order valence-electron chi connectivity index (χ0n) is 16.8. The van der Waals surface area contributed by atoms with Crippen molar-refractivity contribution < 1.29 is 4.74 Å². The lowest BCUT2D eigenvalue weighted by Crippen LogP contribution is -2.37. The quantitative estimate of drug-likeness (QED) is 0.529. The number of hydrogen-bond donors (Lipinski definition) is 1. The zero-order valence-corrected chi connectivity index (χ0v) is 16.8. The summed E-state index contributed by atoms with van der Waals surface area (Å²) in [5.74, 6) is 2.32. The van der Waals surface area contributed by atoms with Crippen LogP contribution >= 0.6 is 0 Å². The third kappa shape index (κ3) is 4.60. The smallest absolute Gasteiger partial charge is 0.163 e. The van der Waals surface area contributed by atoms with E-state index in [1.807, 2.05) is 55.6 Å². The number of aromatic nitrogens is 2. The monoisotopic (exact) mass is 387 g/mol. The van der Waals surface area contributed by atoms with Crippen LogP contribution in [0, 0.1) is 13.8 Å². The molecule has 1 N–H and O–H groups in total. The number of nitrogens with zero attached hydrogens (tertiary/aromatic N) is 4. The lowest BCUT2D eigenvalue weighted by atomic mass is 10.2. The molecule has 0 atom stereocenters. The first kappa shape index (κ1) is 19.1. The van der Waals surface area contributed by atoms with E-state index in [1.54, 1.807) is 0 Å². The summed E-state index contributed by atoms with van der Waals surface area (Å²) >= 11 is 0. The maximum absolute atomic E-state index is 5.51. The number of morpholine rings is 1. The normalized spacial score (nSPS) is 14.3. The van der Waals surface area contributed by atoms with E-state index in [2.05, 4.69) is 34.5 Å². The van der Waals surface area contributed by atoms with Gasteiger partial charge in [-0.05, 0) is 19.4 Å². The molecule has 0 saturated carbocycles. The largest absolute Gasteiger partial charge is 0.378 e. The molecule has 6 nitrogen and oxygen atoms in total. The van der Waals surface area contributed by atoms with Gasteiger partial charge >= 0.3 is 0 Å². The number of ether oxygens (including phenoxy) is 1. The van der Waals surface area contributed by atoms with Crippen LogP contribution < -0.4 is 10.3 Å². The van der Waals surface area contributed by atoms with Crippen molar-refractivity contribution in [2.75, 3.05) is 36.6 Å². The van der Waals surface area contributed by atoms with Gasteiger partial charge in [0.1, 0.15) is 5.82 Å². The fourth-order valence-corrected chi connectivity index (χ4v) is 3.33. The molecule has 1 aliphatic heterocycles. The molecule has 0 aliphatic carbocycles. The molecule has 148 valence electrons. The van der Waals surface area contributed by atoms with Gasteiger partial charge in [-0.15, -0.1) is 0 Å². The number of nitrogens with one attached hydrogen (secondary N) is 1. The zero-order chi connectivity index (χ0) is 20.1. The van der Waals surface area contributed by atoms with Gasteiger partial charge in [0.05, 0.1) is 19.4 Å². The summed E-state index contributed by atoms with van der Waals surface area (Å²) in [4.78, 5) is 11.9. The van der Waals surface area contributed by atoms with Crippen LogP contribution in [0.15, 0.2) is 59.7 Å². The summed E-state index contributed by atoms with van der Waals surface area (Å²) in [6.45, 7) is 7.15. The minimum Gasteiger partial charge on any atom is -0.378 e. The van der Waals surface area contributed by atoms with E-state index in [-0.39, 0.29) is 0 Å². The molecular formula is C23H25N5O. The number of benzene rings is 2. The Kier molecular flexibility index (Phi) is 5.81. The van der Waals surface area contributed by atoms with Gasteiger partial charge in [-0.25, -0.2) is 9.97 Å². The summed E-state index contributed by atoms with van der Waals surface area (Å²) in [5.41, 5.74) is 7.33. The standard InChI is InChI=1S/C23H25N5O/c1-17-7-6-8-19(15-17)16-24-27-21-18(2)23(28-11-13-29-14-12-28)26-22(25-21)20-9-4-3-5-10-20/h3-10,15-16H,11-14H2,1-2H3,(H,25,26,27)/b24-16+. The average molecular weight is 387 g/mol. The number of anilines is 2. The van der Waals surface area contributed by atoms with Crippen LogP contribution in [0.5, 0.6) is 0 Å². The van der Waals surface area contributed by atoms with Gasteiger partial charge in [0.2, 0.25) is 0 Å². The summed E-state index contributed by atoms with van der Waals surface area (Å²) < 4.78 is 5.51. The number of hydrogen-bond acceptors (Lipinski definition) is 6. The van der Waals surface area contributed by atoms with Crippen molar-refractivity contribution in [1.82, 2.24) is 9.97 Å². The molecular weight excluding hydrogens is 362 g/mol. The minimum absolute atomic E-state index is 0.686. The van der Waals surface area contributed by atoms with Gasteiger partial charge in [0, 0.05) is 24.2 Å². The van der Waals surface area contributed by atoms with Crippen molar-refractivity contribution in [1.29, 1.82) is 0 Å². The van der Waals surface area contributed by atoms with Crippen LogP contribution in [0.2, 0.25) is 0 Å². The van der Waals surface area contributed by atoms with Crippen LogP contribution in [-0.4, -0.2) is 42.5 Å². The van der Waals surface area contributed by atoms with E-state index in [4.69, 9.17) is 14.7 Å². The molecule has 0 bridgehead atoms. The van der Waals surface area contributed by atoms with E-state index in [0.717, 1.165) is 35.6 Å². The Morgan fingerprint density at radius 3 is 2.55 bits per heavy atom. The van der Waals surface area contributed by atoms with E-state index in [1.165, 1.54) is 5.56 Å². The van der Waals surface area contributed by atoms with Gasteiger partial charge in [0.25, 0.3) is 0 Å². The van der Waals surface area contributed by atoms with Crippen molar-refractivity contribution in [2.24, 2.45) is 5.10 Å². The number of rotatable bonds is 5. The molecule has 6 heteroatoms. The fourth-order valence-electron chi connectivity index (χ4n) is 3.33. The highest BCUT2D eigenvalue weighted by Crippen LogP contribution is 2.28. The van der Waals surface area contributed by atoms with Gasteiger partial charge in [-0.2, -0.15) is 5.10 Å². The average Bonchev–Trinajstić information content (AvgIpc) is 2.76. The van der Waals surface area contributed by atoms with Crippen LogP contribution in [-0.2, 0) is 4.74 Å². The molecule has 0 radical (unpaired) electrons. The molecule has 1 aliphatic rings. The van der Waals surface area contributed by atoms with Crippen LogP contribution in [0.4, 0.5) is 11.6 Å². The highest BCUT2D eigenvalue weighted by atomic mass is 16.5. The first-order valence-electron chi connectivity index (χ1n) is 9.83. The Labute approximate surface area is 171 Å². The molecule has 1 saturated heterocycles. The van der Waals surface area contributed by atoms with Crippen molar-refractivity contribution in [3.63, 3.8) is 0 Å². The highest BCUT2D eigenvalue weighted by Gasteiger charge is 2.19. The molecule has 2 aromatic carbocycles. The lowest BCUT2D eigenvalue weighted by Gasteiger charge is -2.29. The van der Waals surface area contributed by atoms with Gasteiger partial charge in [0.15, 0.2) is 11.6 Å². The summed E-state index contributed by atoms with van der Waals surface area (Å²) in [6.07, 6.45) is 1.81. The summed E-state index contributed by atoms with van der Waals surface area (Å²) in [5, 5.41) is 4.43. The van der Waals surface area contributed by atoms with E-state index >= 15 is 0 Å². The highest BCUT2D eigenvalue weighted by molar-refractivity contribution is 5.80. The number of hydrazone groups is 1. The third-order valence-corrected chi connectivity index (χ3v) is 4.89. The Bertz CT molecular complexity index is 997. The Hall–Kier alpha value is -3.25. The van der Waals surface area contributed by atoms with Crippen molar-refractivity contribution >= 4 is 17.9 Å². The summed E-state index contributed by atoms with van der Waals surface area (Å²) in [7, 11) is 0. The Morgan fingerprint density at radius 2 is 1.79 bits per heavy atom. The van der Waals surface area contributed by atoms with Crippen molar-refractivity contribution in [3.8, 4) is 11.4 Å². The van der Waals surface area contributed by atoms with Gasteiger partial charge in [-0.1, -0.05) is 60.2 Å². The van der Waals surface area contributed by atoms with Crippen LogP contribution in [0.3, 0.4) is 0 Å². The first-order chi connectivity index (χ1) is 14.2. The molecule has 0 spiro atoms. The SMILES string of the molecule is Cc1cccc(/C=N/Nc2nc(-c3ccccc3)nc(N3CCOCC3)c2C)c1. The predicted molar refractivity (Wildman–Crippen MR) is 118 cm³/mol. The van der Waals surface area contributed by atoms with Crippen molar-refractivity contribution in [2.45, 2.75) is 13.8 Å². The Balaban J connectivity index is 1.67. The molecule has 1 aromatic heterocycles. The molecule has 4 rings (SSSR count). The first-order valence-corrected chi connectivity index (χ1v) is 9.83. The van der Waals surface area contributed by atoms with Crippen LogP contribution in [0.1, 0.15) is 16.7 Å².